The maximum atomic E-state index is 5.44. The molecule has 0 aliphatic heterocycles. The van der Waals surface area contributed by atoms with Gasteiger partial charge in [0.05, 0.1) is 5.69 Å². The van der Waals surface area contributed by atoms with Crippen LogP contribution < -0.4 is 0 Å². The molecule has 1 aliphatic carbocycles. The van der Waals surface area contributed by atoms with E-state index in [4.69, 9.17) is 4.42 Å². The maximum Gasteiger partial charge on any atom is 0.257 e. The standard InChI is InChI=1S/C8H10INO/c1-2-6-7(5-3-4-5)10-8(9)11-6/h5H,2-4H2,1H3. The third kappa shape index (κ3) is 1.43. The second-order valence-corrected chi connectivity index (χ2v) is 3.83. The number of rotatable bonds is 2. The first-order valence-electron chi connectivity index (χ1n) is 3.96. The summed E-state index contributed by atoms with van der Waals surface area (Å²) in [7, 11) is 0. The van der Waals surface area contributed by atoms with Gasteiger partial charge in [-0.05, 0) is 12.8 Å². The van der Waals surface area contributed by atoms with Crippen molar-refractivity contribution >= 4 is 22.6 Å². The van der Waals surface area contributed by atoms with Gasteiger partial charge < -0.3 is 4.42 Å². The van der Waals surface area contributed by atoms with Gasteiger partial charge in [0.15, 0.2) is 0 Å². The van der Waals surface area contributed by atoms with Crippen LogP contribution in [0.15, 0.2) is 4.42 Å². The average molecular weight is 263 g/mol. The number of oxazole rings is 1. The molecule has 0 aromatic carbocycles. The molecule has 2 nitrogen and oxygen atoms in total. The molecule has 3 heteroatoms. The Hall–Kier alpha value is -0.0600. The Morgan fingerprint density at radius 2 is 2.36 bits per heavy atom. The van der Waals surface area contributed by atoms with Crippen LogP contribution in [0.2, 0.25) is 0 Å². The van der Waals surface area contributed by atoms with Crippen LogP contribution in [0, 0.1) is 3.90 Å². The number of aromatic nitrogens is 1. The van der Waals surface area contributed by atoms with Crippen molar-refractivity contribution in [1.29, 1.82) is 0 Å². The van der Waals surface area contributed by atoms with E-state index in [9.17, 15) is 0 Å². The summed E-state index contributed by atoms with van der Waals surface area (Å²) < 4.78 is 6.23. The zero-order valence-corrected chi connectivity index (χ0v) is 8.59. The van der Waals surface area contributed by atoms with Crippen LogP contribution in [0.4, 0.5) is 0 Å². The number of hydrogen-bond acceptors (Lipinski definition) is 2. The fourth-order valence-corrected chi connectivity index (χ4v) is 1.79. The van der Waals surface area contributed by atoms with Crippen LogP contribution in [-0.2, 0) is 6.42 Å². The Morgan fingerprint density at radius 3 is 2.91 bits per heavy atom. The molecule has 0 bridgehead atoms. The average Bonchev–Trinajstić information content (AvgIpc) is 2.75. The van der Waals surface area contributed by atoms with Gasteiger partial charge in [-0.25, -0.2) is 4.98 Å². The van der Waals surface area contributed by atoms with E-state index in [-0.39, 0.29) is 0 Å². The first-order valence-corrected chi connectivity index (χ1v) is 5.04. The zero-order valence-electron chi connectivity index (χ0n) is 6.43. The van der Waals surface area contributed by atoms with Crippen LogP contribution in [0.3, 0.4) is 0 Å². The molecular formula is C8H10INO. The van der Waals surface area contributed by atoms with E-state index in [0.717, 1.165) is 22.0 Å². The third-order valence-electron chi connectivity index (χ3n) is 1.99. The molecule has 2 rings (SSSR count). The highest BCUT2D eigenvalue weighted by molar-refractivity contribution is 14.1. The van der Waals surface area contributed by atoms with Crippen LogP contribution in [0.5, 0.6) is 0 Å². The molecule has 0 amide bonds. The highest BCUT2D eigenvalue weighted by atomic mass is 127. The van der Waals surface area contributed by atoms with Crippen molar-refractivity contribution in [2.24, 2.45) is 0 Å². The van der Waals surface area contributed by atoms with Crippen molar-refractivity contribution in [3.05, 3.63) is 15.4 Å². The highest BCUT2D eigenvalue weighted by Gasteiger charge is 2.29. The van der Waals surface area contributed by atoms with E-state index in [1.807, 2.05) is 0 Å². The van der Waals surface area contributed by atoms with E-state index in [0.29, 0.717) is 0 Å². The van der Waals surface area contributed by atoms with Gasteiger partial charge >= 0.3 is 0 Å². The maximum absolute atomic E-state index is 5.44. The number of nitrogens with zero attached hydrogens (tertiary/aromatic N) is 1. The lowest BCUT2D eigenvalue weighted by atomic mass is 10.2. The van der Waals surface area contributed by atoms with Crippen LogP contribution in [-0.4, -0.2) is 4.98 Å². The second-order valence-electron chi connectivity index (χ2n) is 2.90. The Bertz CT molecular complexity index is 265. The molecule has 1 aromatic heterocycles. The number of halogens is 1. The highest BCUT2D eigenvalue weighted by Crippen LogP contribution is 2.41. The largest absolute Gasteiger partial charge is 0.437 e. The molecule has 0 spiro atoms. The molecule has 1 aromatic rings. The lowest BCUT2D eigenvalue weighted by Gasteiger charge is -1.91. The van der Waals surface area contributed by atoms with Crippen molar-refractivity contribution in [2.75, 3.05) is 0 Å². The molecule has 0 saturated heterocycles. The van der Waals surface area contributed by atoms with E-state index < -0.39 is 0 Å². The molecule has 1 aliphatic rings. The predicted molar refractivity (Wildman–Crippen MR) is 50.6 cm³/mol. The van der Waals surface area contributed by atoms with Crippen molar-refractivity contribution in [1.82, 2.24) is 4.98 Å². The molecule has 1 fully saturated rings. The summed E-state index contributed by atoms with van der Waals surface area (Å²) in [6.45, 7) is 2.11. The second kappa shape index (κ2) is 2.77. The van der Waals surface area contributed by atoms with Gasteiger partial charge in [0.25, 0.3) is 3.90 Å². The summed E-state index contributed by atoms with van der Waals surface area (Å²) in [4.78, 5) is 4.36. The summed E-state index contributed by atoms with van der Waals surface area (Å²) in [5.41, 5.74) is 1.22. The monoisotopic (exact) mass is 263 g/mol. The van der Waals surface area contributed by atoms with Gasteiger partial charge in [-0.1, -0.05) is 6.92 Å². The minimum Gasteiger partial charge on any atom is -0.437 e. The summed E-state index contributed by atoms with van der Waals surface area (Å²) in [6, 6.07) is 0. The van der Waals surface area contributed by atoms with Gasteiger partial charge in [-0.2, -0.15) is 0 Å². The molecule has 60 valence electrons. The first-order chi connectivity index (χ1) is 5.31. The van der Waals surface area contributed by atoms with Gasteiger partial charge in [-0.15, -0.1) is 0 Å². The molecule has 0 unspecified atom stereocenters. The minimum atomic E-state index is 0.720. The number of hydrogen-bond donors (Lipinski definition) is 0. The van der Waals surface area contributed by atoms with Crippen molar-refractivity contribution in [3.63, 3.8) is 0 Å². The van der Waals surface area contributed by atoms with Crippen molar-refractivity contribution in [2.45, 2.75) is 32.1 Å². The molecule has 0 N–H and O–H groups in total. The minimum absolute atomic E-state index is 0.720. The smallest absolute Gasteiger partial charge is 0.257 e. The SMILES string of the molecule is CCc1oc(I)nc1C1CC1. The van der Waals surface area contributed by atoms with E-state index in [1.54, 1.807) is 0 Å². The third-order valence-corrected chi connectivity index (χ3v) is 2.45. The van der Waals surface area contributed by atoms with E-state index in [2.05, 4.69) is 34.5 Å². The zero-order chi connectivity index (χ0) is 7.84. The molecule has 11 heavy (non-hydrogen) atoms. The Labute approximate surface area is 79.5 Å². The number of aryl methyl sites for hydroxylation is 1. The summed E-state index contributed by atoms with van der Waals surface area (Å²) in [5, 5.41) is 0. The normalized spacial score (nSPS) is 17.3. The molecule has 1 heterocycles. The van der Waals surface area contributed by atoms with Gasteiger partial charge in [0.2, 0.25) is 0 Å². The van der Waals surface area contributed by atoms with Crippen LogP contribution in [0.25, 0.3) is 0 Å². The molecule has 1 saturated carbocycles. The topological polar surface area (TPSA) is 26.0 Å². The Kier molecular flexibility index (Phi) is 1.91. The summed E-state index contributed by atoms with van der Waals surface area (Å²) in [5.74, 6) is 1.81. The van der Waals surface area contributed by atoms with E-state index >= 15 is 0 Å². The lowest BCUT2D eigenvalue weighted by molar-refractivity contribution is 0.480. The fourth-order valence-electron chi connectivity index (χ4n) is 1.26. The summed E-state index contributed by atoms with van der Waals surface area (Å²) in [6.07, 6.45) is 3.58. The fraction of sp³-hybridized carbons (Fsp3) is 0.625. The van der Waals surface area contributed by atoms with Gasteiger partial charge in [-0.3, -0.25) is 0 Å². The molecule has 0 radical (unpaired) electrons. The van der Waals surface area contributed by atoms with Crippen LogP contribution in [0.1, 0.15) is 37.1 Å². The van der Waals surface area contributed by atoms with Gasteiger partial charge in [0.1, 0.15) is 5.76 Å². The summed E-state index contributed by atoms with van der Waals surface area (Å²) >= 11 is 2.13. The van der Waals surface area contributed by atoms with Crippen LogP contribution >= 0.6 is 22.6 Å². The van der Waals surface area contributed by atoms with Gasteiger partial charge in [0, 0.05) is 34.9 Å². The lowest BCUT2D eigenvalue weighted by Crippen LogP contribution is -1.85. The Morgan fingerprint density at radius 1 is 1.64 bits per heavy atom. The quantitative estimate of drug-likeness (QED) is 0.767. The van der Waals surface area contributed by atoms with Crippen molar-refractivity contribution < 1.29 is 4.42 Å². The Balaban J connectivity index is 2.34. The molecule has 0 atom stereocenters. The van der Waals surface area contributed by atoms with E-state index in [1.165, 1.54) is 18.5 Å². The molecular weight excluding hydrogens is 253 g/mol. The first kappa shape index (κ1) is 7.58. The van der Waals surface area contributed by atoms with Crippen molar-refractivity contribution in [3.8, 4) is 0 Å². The predicted octanol–water partition coefficient (Wildman–Crippen LogP) is 2.72.